The molecule has 0 saturated carbocycles. The Morgan fingerprint density at radius 1 is 1.52 bits per heavy atom. The van der Waals surface area contributed by atoms with E-state index in [4.69, 9.17) is 14.2 Å². The fourth-order valence-corrected chi connectivity index (χ4v) is 1.84. The molecule has 1 aliphatic heterocycles. The Morgan fingerprint density at radius 3 is 2.90 bits per heavy atom. The summed E-state index contributed by atoms with van der Waals surface area (Å²) in [5.41, 5.74) is 0.572. The van der Waals surface area contributed by atoms with Crippen LogP contribution in [-0.4, -0.2) is 30.2 Å². The average molecular weight is 293 g/mol. The lowest BCUT2D eigenvalue weighted by Crippen LogP contribution is -2.21. The number of nitrogens with zero attached hydrogens (tertiary/aromatic N) is 1. The number of esters is 1. The number of hydrogen-bond acceptors (Lipinski definition) is 6. The molecule has 1 aliphatic rings. The molecule has 0 bridgehead atoms. The number of benzene rings is 1. The zero-order valence-electron chi connectivity index (χ0n) is 11.5. The highest BCUT2D eigenvalue weighted by Gasteiger charge is 2.32. The van der Waals surface area contributed by atoms with Crippen molar-refractivity contribution in [2.24, 2.45) is 0 Å². The summed E-state index contributed by atoms with van der Waals surface area (Å²) in [6.45, 7) is 5.23. The number of hydrogen-bond donors (Lipinski definition) is 0. The number of carbonyl (C=O) groups excluding carboxylic acids is 1. The summed E-state index contributed by atoms with van der Waals surface area (Å²) in [6.07, 6.45) is -1.29. The SMILES string of the molecule is C=C(C)C(=O)OCC1COC(c2ccccc2[N+](=O)[O-])O1. The van der Waals surface area contributed by atoms with Gasteiger partial charge in [-0.1, -0.05) is 18.7 Å². The Labute approximate surface area is 121 Å². The minimum absolute atomic E-state index is 0.0167. The van der Waals surface area contributed by atoms with E-state index in [1.54, 1.807) is 25.1 Å². The van der Waals surface area contributed by atoms with Gasteiger partial charge in [-0.05, 0) is 13.0 Å². The van der Waals surface area contributed by atoms with Gasteiger partial charge in [-0.3, -0.25) is 10.1 Å². The van der Waals surface area contributed by atoms with Crippen LogP contribution >= 0.6 is 0 Å². The smallest absolute Gasteiger partial charge is 0.333 e. The van der Waals surface area contributed by atoms with Crippen LogP contribution in [0.25, 0.3) is 0 Å². The summed E-state index contributed by atoms with van der Waals surface area (Å²) in [7, 11) is 0. The molecule has 0 spiro atoms. The van der Waals surface area contributed by atoms with Crippen LogP contribution in [-0.2, 0) is 19.0 Å². The number of para-hydroxylation sites is 1. The van der Waals surface area contributed by atoms with Crippen LogP contribution in [0.15, 0.2) is 36.4 Å². The van der Waals surface area contributed by atoms with Crippen molar-refractivity contribution in [3.05, 3.63) is 52.1 Å². The van der Waals surface area contributed by atoms with Gasteiger partial charge in [0.2, 0.25) is 0 Å². The second-order valence-electron chi connectivity index (χ2n) is 4.62. The van der Waals surface area contributed by atoms with Crippen LogP contribution in [0.4, 0.5) is 5.69 Å². The summed E-state index contributed by atoms with van der Waals surface area (Å²) >= 11 is 0. The van der Waals surface area contributed by atoms with Gasteiger partial charge in [-0.15, -0.1) is 0 Å². The molecule has 2 rings (SSSR count). The van der Waals surface area contributed by atoms with E-state index in [2.05, 4.69) is 6.58 Å². The summed E-state index contributed by atoms with van der Waals surface area (Å²) < 4.78 is 15.9. The van der Waals surface area contributed by atoms with Crippen LogP contribution in [0.1, 0.15) is 18.8 Å². The second kappa shape index (κ2) is 6.47. The van der Waals surface area contributed by atoms with Crippen molar-refractivity contribution < 1.29 is 23.9 Å². The molecular formula is C14H15NO6. The second-order valence-corrected chi connectivity index (χ2v) is 4.62. The van der Waals surface area contributed by atoms with E-state index in [-0.39, 0.29) is 18.9 Å². The topological polar surface area (TPSA) is 87.9 Å². The van der Waals surface area contributed by atoms with E-state index < -0.39 is 23.3 Å². The van der Waals surface area contributed by atoms with Crippen LogP contribution in [0.5, 0.6) is 0 Å². The van der Waals surface area contributed by atoms with E-state index in [0.29, 0.717) is 11.1 Å². The highest BCUT2D eigenvalue weighted by Crippen LogP contribution is 2.32. The van der Waals surface area contributed by atoms with Crippen molar-refractivity contribution in [3.63, 3.8) is 0 Å². The molecule has 1 heterocycles. The molecule has 112 valence electrons. The third kappa shape index (κ3) is 3.65. The molecule has 2 unspecified atom stereocenters. The molecule has 0 amide bonds. The minimum atomic E-state index is -0.833. The molecule has 7 heteroatoms. The van der Waals surface area contributed by atoms with Crippen molar-refractivity contribution in [3.8, 4) is 0 Å². The first kappa shape index (κ1) is 15.1. The standard InChI is InChI=1S/C14H15NO6/c1-9(2)13(16)19-7-10-8-20-14(21-10)11-5-3-4-6-12(11)15(17)18/h3-6,10,14H,1,7-8H2,2H3. The maximum absolute atomic E-state index is 11.3. The third-order valence-electron chi connectivity index (χ3n) is 2.89. The highest BCUT2D eigenvalue weighted by molar-refractivity contribution is 5.86. The predicted octanol–water partition coefficient (Wildman–Crippen LogP) is 2.13. The number of rotatable bonds is 5. The van der Waals surface area contributed by atoms with E-state index in [0.717, 1.165) is 0 Å². The molecular weight excluding hydrogens is 278 g/mol. The third-order valence-corrected chi connectivity index (χ3v) is 2.89. The maximum atomic E-state index is 11.3. The van der Waals surface area contributed by atoms with E-state index in [9.17, 15) is 14.9 Å². The monoisotopic (exact) mass is 293 g/mol. The quantitative estimate of drug-likeness (QED) is 0.357. The number of nitro benzene ring substituents is 1. The summed E-state index contributed by atoms with van der Waals surface area (Å²) in [5.74, 6) is -0.507. The molecule has 7 nitrogen and oxygen atoms in total. The fourth-order valence-electron chi connectivity index (χ4n) is 1.84. The van der Waals surface area contributed by atoms with Crippen LogP contribution < -0.4 is 0 Å². The Hall–Kier alpha value is -2.25. The lowest BCUT2D eigenvalue weighted by atomic mass is 10.2. The fraction of sp³-hybridized carbons (Fsp3) is 0.357. The molecule has 0 aromatic heterocycles. The Kier molecular flexibility index (Phi) is 4.66. The first-order valence-corrected chi connectivity index (χ1v) is 6.32. The molecule has 0 N–H and O–H groups in total. The van der Waals surface area contributed by atoms with Crippen molar-refractivity contribution in [2.75, 3.05) is 13.2 Å². The largest absolute Gasteiger partial charge is 0.459 e. The van der Waals surface area contributed by atoms with Crippen LogP contribution in [0.3, 0.4) is 0 Å². The highest BCUT2D eigenvalue weighted by atomic mass is 16.7. The molecule has 1 aromatic rings. The normalized spacial score (nSPS) is 21.0. The molecule has 1 fully saturated rings. The van der Waals surface area contributed by atoms with Crippen molar-refractivity contribution >= 4 is 11.7 Å². The van der Waals surface area contributed by atoms with Gasteiger partial charge in [0, 0.05) is 11.6 Å². The van der Waals surface area contributed by atoms with E-state index in [1.807, 2.05) is 0 Å². The number of nitro groups is 1. The Bertz CT molecular complexity index is 570. The van der Waals surface area contributed by atoms with Crippen LogP contribution in [0.2, 0.25) is 0 Å². The lowest BCUT2D eigenvalue weighted by Gasteiger charge is -2.12. The van der Waals surface area contributed by atoms with Crippen molar-refractivity contribution in [1.29, 1.82) is 0 Å². The number of carbonyl (C=O) groups is 1. The van der Waals surface area contributed by atoms with Crippen molar-refractivity contribution in [2.45, 2.75) is 19.3 Å². The summed E-state index contributed by atoms with van der Waals surface area (Å²) in [6, 6.07) is 6.20. The van der Waals surface area contributed by atoms with Gasteiger partial charge >= 0.3 is 5.97 Å². The van der Waals surface area contributed by atoms with Crippen molar-refractivity contribution in [1.82, 2.24) is 0 Å². The molecule has 1 aromatic carbocycles. The number of ether oxygens (including phenoxy) is 3. The summed E-state index contributed by atoms with van der Waals surface area (Å²) in [4.78, 5) is 21.8. The predicted molar refractivity (Wildman–Crippen MR) is 72.4 cm³/mol. The Balaban J connectivity index is 1.98. The average Bonchev–Trinajstić information content (AvgIpc) is 2.93. The van der Waals surface area contributed by atoms with Gasteiger partial charge in [-0.2, -0.15) is 0 Å². The first-order chi connectivity index (χ1) is 9.99. The van der Waals surface area contributed by atoms with E-state index >= 15 is 0 Å². The lowest BCUT2D eigenvalue weighted by molar-refractivity contribution is -0.386. The molecule has 0 aliphatic carbocycles. The van der Waals surface area contributed by atoms with Gasteiger partial charge < -0.3 is 14.2 Å². The maximum Gasteiger partial charge on any atom is 0.333 e. The zero-order valence-corrected chi connectivity index (χ0v) is 11.5. The molecule has 0 radical (unpaired) electrons. The minimum Gasteiger partial charge on any atom is -0.459 e. The van der Waals surface area contributed by atoms with Gasteiger partial charge in [0.15, 0.2) is 6.29 Å². The molecule has 1 saturated heterocycles. The van der Waals surface area contributed by atoms with Gasteiger partial charge in [0.1, 0.15) is 12.7 Å². The summed E-state index contributed by atoms with van der Waals surface area (Å²) in [5, 5.41) is 11.0. The van der Waals surface area contributed by atoms with Crippen LogP contribution in [0, 0.1) is 10.1 Å². The van der Waals surface area contributed by atoms with Gasteiger partial charge in [0.05, 0.1) is 17.1 Å². The molecule has 2 atom stereocenters. The van der Waals surface area contributed by atoms with Gasteiger partial charge in [0.25, 0.3) is 5.69 Å². The van der Waals surface area contributed by atoms with Gasteiger partial charge in [-0.25, -0.2) is 4.79 Å². The zero-order chi connectivity index (χ0) is 15.4. The molecule has 21 heavy (non-hydrogen) atoms. The Morgan fingerprint density at radius 2 is 2.24 bits per heavy atom. The first-order valence-electron chi connectivity index (χ1n) is 6.32. The van der Waals surface area contributed by atoms with E-state index in [1.165, 1.54) is 6.07 Å².